The molecule has 1 heterocycles. The lowest BCUT2D eigenvalue weighted by molar-refractivity contribution is -0.140. The number of nitrogens with two attached hydrogens (primary N) is 1. The van der Waals surface area contributed by atoms with Gasteiger partial charge in [0.2, 0.25) is 0 Å². The van der Waals surface area contributed by atoms with Gasteiger partial charge in [0.05, 0.1) is 31.6 Å². The number of aromatic nitrogens is 2. The Morgan fingerprint density at radius 1 is 1.40 bits per heavy atom. The Bertz CT molecular complexity index is 551. The second kappa shape index (κ2) is 6.86. The first kappa shape index (κ1) is 14.3. The van der Waals surface area contributed by atoms with Crippen LogP contribution in [0.1, 0.15) is 23.7 Å². The van der Waals surface area contributed by atoms with Gasteiger partial charge in [0.15, 0.2) is 0 Å². The highest BCUT2D eigenvalue weighted by atomic mass is 16.5. The van der Waals surface area contributed by atoms with Gasteiger partial charge in [0.25, 0.3) is 0 Å². The Hall–Kier alpha value is -2.14. The van der Waals surface area contributed by atoms with E-state index in [4.69, 9.17) is 5.73 Å². The first-order valence-corrected chi connectivity index (χ1v) is 6.57. The van der Waals surface area contributed by atoms with E-state index in [0.29, 0.717) is 13.0 Å². The van der Waals surface area contributed by atoms with Crippen molar-refractivity contribution in [2.45, 2.75) is 25.4 Å². The highest BCUT2D eigenvalue weighted by Gasteiger charge is 2.13. The molecule has 2 rings (SSSR count). The van der Waals surface area contributed by atoms with Crippen molar-refractivity contribution in [2.75, 3.05) is 7.11 Å². The van der Waals surface area contributed by atoms with Crippen LogP contribution in [-0.4, -0.2) is 22.6 Å². The van der Waals surface area contributed by atoms with Crippen LogP contribution in [0, 0.1) is 0 Å². The van der Waals surface area contributed by atoms with Gasteiger partial charge in [0.1, 0.15) is 0 Å². The van der Waals surface area contributed by atoms with Gasteiger partial charge in [0, 0.05) is 12.7 Å². The summed E-state index contributed by atoms with van der Waals surface area (Å²) in [6, 6.07) is 9.94. The van der Waals surface area contributed by atoms with E-state index in [1.54, 1.807) is 12.5 Å². The van der Waals surface area contributed by atoms with Gasteiger partial charge in [-0.25, -0.2) is 4.98 Å². The number of imidazole rings is 1. The molecule has 106 valence electrons. The van der Waals surface area contributed by atoms with Crippen molar-refractivity contribution in [3.05, 3.63) is 54.1 Å². The minimum Gasteiger partial charge on any atom is -0.469 e. The third kappa shape index (κ3) is 3.68. The third-order valence-electron chi connectivity index (χ3n) is 3.21. The largest absolute Gasteiger partial charge is 0.469 e. The number of carbonyl (C=O) groups is 1. The molecule has 5 nitrogen and oxygen atoms in total. The molecule has 5 heteroatoms. The summed E-state index contributed by atoms with van der Waals surface area (Å²) < 4.78 is 6.55. The van der Waals surface area contributed by atoms with Crippen LogP contribution < -0.4 is 5.73 Å². The molecule has 0 aliphatic carbocycles. The normalized spacial score (nSPS) is 12.1. The second-order valence-electron chi connectivity index (χ2n) is 4.63. The molecule has 20 heavy (non-hydrogen) atoms. The van der Waals surface area contributed by atoms with Gasteiger partial charge < -0.3 is 15.0 Å². The minimum absolute atomic E-state index is 0.141. The minimum atomic E-state index is -0.235. The molecule has 0 spiro atoms. The highest BCUT2D eigenvalue weighted by Crippen LogP contribution is 2.16. The van der Waals surface area contributed by atoms with Crippen molar-refractivity contribution < 1.29 is 9.53 Å². The summed E-state index contributed by atoms with van der Waals surface area (Å²) in [7, 11) is 1.39. The molecule has 0 bridgehead atoms. The van der Waals surface area contributed by atoms with E-state index in [2.05, 4.69) is 21.9 Å². The maximum absolute atomic E-state index is 11.2. The Labute approximate surface area is 118 Å². The fourth-order valence-corrected chi connectivity index (χ4v) is 2.11. The van der Waals surface area contributed by atoms with E-state index in [-0.39, 0.29) is 12.0 Å². The number of nitrogens with zero attached hydrogens (tertiary/aromatic N) is 2. The molecule has 0 aliphatic heterocycles. The van der Waals surface area contributed by atoms with Crippen LogP contribution in [0.25, 0.3) is 0 Å². The summed E-state index contributed by atoms with van der Waals surface area (Å²) in [5, 5.41) is 0. The van der Waals surface area contributed by atoms with E-state index in [9.17, 15) is 4.79 Å². The Kier molecular flexibility index (Phi) is 4.90. The molecule has 1 aromatic carbocycles. The fourth-order valence-electron chi connectivity index (χ4n) is 2.11. The van der Waals surface area contributed by atoms with Crippen molar-refractivity contribution in [1.29, 1.82) is 0 Å². The van der Waals surface area contributed by atoms with E-state index >= 15 is 0 Å². The number of benzene rings is 1. The molecular formula is C15H19N3O2. The lowest BCUT2D eigenvalue weighted by atomic mass is 10.0. The summed E-state index contributed by atoms with van der Waals surface area (Å²) in [5.41, 5.74) is 8.34. The van der Waals surface area contributed by atoms with Crippen LogP contribution in [0.3, 0.4) is 0 Å². The number of hydrogen-bond acceptors (Lipinski definition) is 4. The first-order chi connectivity index (χ1) is 9.70. The Morgan fingerprint density at radius 2 is 2.15 bits per heavy atom. The molecule has 0 saturated heterocycles. The Balaban J connectivity index is 2.01. The lowest BCUT2D eigenvalue weighted by Gasteiger charge is -2.14. The fraction of sp³-hybridized carbons (Fsp3) is 0.333. The van der Waals surface area contributed by atoms with Crippen LogP contribution in [0.15, 0.2) is 42.9 Å². The predicted octanol–water partition coefficient (Wildman–Crippen LogP) is 1.69. The molecule has 0 saturated carbocycles. The zero-order valence-electron chi connectivity index (χ0n) is 11.5. The highest BCUT2D eigenvalue weighted by molar-refractivity contribution is 5.68. The molecule has 2 aromatic rings. The summed E-state index contributed by atoms with van der Waals surface area (Å²) in [6.45, 7) is 0.532. The van der Waals surface area contributed by atoms with E-state index in [1.165, 1.54) is 12.7 Å². The number of methoxy groups -OCH3 is 1. The molecule has 0 radical (unpaired) electrons. The standard InChI is InChI=1S/C15H19N3O2/c1-20-15(19)7-8-18-11-17-10-14(18)13(16)9-12-5-3-2-4-6-12/h2-6,10-11,13H,7-9,16H2,1H3/t13-/m1/s1. The van der Waals surface area contributed by atoms with Crippen LogP contribution in [0.2, 0.25) is 0 Å². The van der Waals surface area contributed by atoms with Crippen LogP contribution in [0.4, 0.5) is 0 Å². The van der Waals surface area contributed by atoms with Crippen LogP contribution in [-0.2, 0) is 22.5 Å². The van der Waals surface area contributed by atoms with E-state index in [1.807, 2.05) is 22.8 Å². The molecular weight excluding hydrogens is 254 g/mol. The van der Waals surface area contributed by atoms with Gasteiger partial charge >= 0.3 is 5.97 Å². The zero-order chi connectivity index (χ0) is 14.4. The molecule has 1 atom stereocenters. The summed E-state index contributed by atoms with van der Waals surface area (Å²) in [6.07, 6.45) is 4.51. The second-order valence-corrected chi connectivity index (χ2v) is 4.63. The molecule has 2 N–H and O–H groups in total. The predicted molar refractivity (Wildman–Crippen MR) is 75.9 cm³/mol. The molecule has 0 unspecified atom stereocenters. The van der Waals surface area contributed by atoms with Gasteiger partial charge in [-0.05, 0) is 12.0 Å². The summed E-state index contributed by atoms with van der Waals surface area (Å²) in [5.74, 6) is -0.235. The Morgan fingerprint density at radius 3 is 2.85 bits per heavy atom. The smallest absolute Gasteiger partial charge is 0.307 e. The number of rotatable bonds is 6. The number of ether oxygens (including phenoxy) is 1. The van der Waals surface area contributed by atoms with Crippen molar-refractivity contribution >= 4 is 5.97 Å². The number of carbonyl (C=O) groups excluding carboxylic acids is 1. The zero-order valence-corrected chi connectivity index (χ0v) is 11.5. The van der Waals surface area contributed by atoms with Crippen molar-refractivity contribution in [3.8, 4) is 0 Å². The van der Waals surface area contributed by atoms with E-state index < -0.39 is 0 Å². The third-order valence-corrected chi connectivity index (χ3v) is 3.21. The molecule has 0 aliphatic rings. The first-order valence-electron chi connectivity index (χ1n) is 6.57. The van der Waals surface area contributed by atoms with Gasteiger partial charge in [-0.3, -0.25) is 4.79 Å². The lowest BCUT2D eigenvalue weighted by Crippen LogP contribution is -2.18. The molecule has 1 aromatic heterocycles. The average Bonchev–Trinajstić information content (AvgIpc) is 2.94. The summed E-state index contributed by atoms with van der Waals surface area (Å²) in [4.78, 5) is 15.3. The van der Waals surface area contributed by atoms with Gasteiger partial charge in [-0.1, -0.05) is 30.3 Å². The van der Waals surface area contributed by atoms with Crippen molar-refractivity contribution in [1.82, 2.24) is 9.55 Å². The van der Waals surface area contributed by atoms with Gasteiger partial charge in [-0.15, -0.1) is 0 Å². The number of esters is 1. The average molecular weight is 273 g/mol. The maximum Gasteiger partial charge on any atom is 0.307 e. The van der Waals surface area contributed by atoms with Crippen molar-refractivity contribution in [3.63, 3.8) is 0 Å². The number of aryl methyl sites for hydroxylation is 1. The van der Waals surface area contributed by atoms with E-state index in [0.717, 1.165) is 12.1 Å². The van der Waals surface area contributed by atoms with Gasteiger partial charge in [-0.2, -0.15) is 0 Å². The monoisotopic (exact) mass is 273 g/mol. The summed E-state index contributed by atoms with van der Waals surface area (Å²) >= 11 is 0. The molecule has 0 amide bonds. The quantitative estimate of drug-likeness (QED) is 0.813. The SMILES string of the molecule is COC(=O)CCn1cncc1[C@H](N)Cc1ccccc1. The van der Waals surface area contributed by atoms with Crippen LogP contribution in [0.5, 0.6) is 0 Å². The number of hydrogen-bond donors (Lipinski definition) is 1. The molecule has 0 fully saturated rings. The van der Waals surface area contributed by atoms with Crippen molar-refractivity contribution in [2.24, 2.45) is 5.73 Å². The van der Waals surface area contributed by atoms with Crippen LogP contribution >= 0.6 is 0 Å². The topological polar surface area (TPSA) is 70.1 Å². The maximum atomic E-state index is 11.2.